The molecule has 0 atom stereocenters. The van der Waals surface area contributed by atoms with Gasteiger partial charge in [-0.1, -0.05) is 32.1 Å². The maximum Gasteiger partial charge on any atom is 0.506 e. The minimum atomic E-state index is -1.22. The molecule has 1 N–H and O–H groups in total. The monoisotopic (exact) mass is 184 g/mol. The molecule has 0 amide bonds. The average Bonchev–Trinajstić information content (AvgIpc) is 2.19. The van der Waals surface area contributed by atoms with Crippen molar-refractivity contribution in [2.75, 3.05) is 6.61 Å². The molecule has 0 bridgehead atoms. The lowest BCUT2D eigenvalue weighted by atomic mass is 10.1. The molecule has 3 heteroatoms. The normalized spacial score (nSPS) is 13.8. The zero-order chi connectivity index (χ0) is 10.1. The van der Waals surface area contributed by atoms with Crippen LogP contribution in [0.2, 0.25) is 0 Å². The number of carbonyl (C=O) groups is 1. The zero-order valence-corrected chi connectivity index (χ0v) is 8.12. The molecule has 0 aliphatic heterocycles. The lowest BCUT2D eigenvalue weighted by Crippen LogP contribution is -2.03. The lowest BCUT2D eigenvalue weighted by Gasteiger charge is -2.04. The standard InChI is InChI=1S/C8H10O3.C2H6/c9-8(10)11-6-7-4-2-1-3-5-7;1-2/h2,4-5H,1,3,6H2,(H,9,10);1-2H3. The van der Waals surface area contributed by atoms with E-state index in [4.69, 9.17) is 5.11 Å². The Morgan fingerprint density at radius 2 is 2.23 bits per heavy atom. The molecule has 1 aliphatic carbocycles. The third kappa shape index (κ3) is 5.96. The van der Waals surface area contributed by atoms with Gasteiger partial charge in [0.2, 0.25) is 0 Å². The Bertz CT molecular complexity index is 204. The van der Waals surface area contributed by atoms with Crippen molar-refractivity contribution in [3.05, 3.63) is 23.8 Å². The highest BCUT2D eigenvalue weighted by Gasteiger charge is 2.00. The Balaban J connectivity index is 0.000000671. The molecule has 13 heavy (non-hydrogen) atoms. The molecule has 74 valence electrons. The topological polar surface area (TPSA) is 46.5 Å². The molecule has 0 aromatic rings. The van der Waals surface area contributed by atoms with E-state index in [1.165, 1.54) is 0 Å². The van der Waals surface area contributed by atoms with Crippen LogP contribution in [0.1, 0.15) is 26.7 Å². The summed E-state index contributed by atoms with van der Waals surface area (Å²) < 4.78 is 4.38. The van der Waals surface area contributed by atoms with Crippen LogP contribution in [0, 0.1) is 0 Å². The predicted molar refractivity (Wildman–Crippen MR) is 51.8 cm³/mol. The SMILES string of the molecule is CC.O=C(O)OCC1=CCCC=C1. The first kappa shape index (κ1) is 11.8. The van der Waals surface area contributed by atoms with Crippen LogP contribution >= 0.6 is 0 Å². The quantitative estimate of drug-likeness (QED) is 0.671. The average molecular weight is 184 g/mol. The Morgan fingerprint density at radius 1 is 1.54 bits per heavy atom. The highest BCUT2D eigenvalue weighted by molar-refractivity contribution is 5.57. The van der Waals surface area contributed by atoms with Crippen molar-refractivity contribution in [1.29, 1.82) is 0 Å². The van der Waals surface area contributed by atoms with E-state index < -0.39 is 6.16 Å². The van der Waals surface area contributed by atoms with Crippen molar-refractivity contribution in [2.24, 2.45) is 0 Å². The number of ether oxygens (including phenoxy) is 1. The molecular formula is C10H16O3. The van der Waals surface area contributed by atoms with Crippen LogP contribution in [-0.2, 0) is 4.74 Å². The molecule has 0 saturated heterocycles. The highest BCUT2D eigenvalue weighted by atomic mass is 16.7. The van der Waals surface area contributed by atoms with Gasteiger partial charge < -0.3 is 9.84 Å². The number of hydrogen-bond acceptors (Lipinski definition) is 2. The van der Waals surface area contributed by atoms with Crippen LogP contribution < -0.4 is 0 Å². The van der Waals surface area contributed by atoms with E-state index in [0.717, 1.165) is 18.4 Å². The molecule has 0 fully saturated rings. The first-order valence-electron chi connectivity index (χ1n) is 4.50. The largest absolute Gasteiger partial charge is 0.506 e. The predicted octanol–water partition coefficient (Wildman–Crippen LogP) is 2.98. The molecule has 0 saturated carbocycles. The molecule has 0 radical (unpaired) electrons. The van der Waals surface area contributed by atoms with Crippen molar-refractivity contribution in [1.82, 2.24) is 0 Å². The van der Waals surface area contributed by atoms with Crippen LogP contribution in [0.15, 0.2) is 23.8 Å². The number of hydrogen-bond donors (Lipinski definition) is 1. The second kappa shape index (κ2) is 7.40. The molecule has 1 aliphatic rings. The van der Waals surface area contributed by atoms with E-state index in [2.05, 4.69) is 4.74 Å². The van der Waals surface area contributed by atoms with Gasteiger partial charge in [0.05, 0.1) is 0 Å². The fourth-order valence-corrected chi connectivity index (χ4v) is 0.920. The van der Waals surface area contributed by atoms with Crippen molar-refractivity contribution < 1.29 is 14.6 Å². The summed E-state index contributed by atoms with van der Waals surface area (Å²) in [6.07, 6.45) is 6.70. The summed E-state index contributed by atoms with van der Waals surface area (Å²) in [5.41, 5.74) is 0.943. The van der Waals surface area contributed by atoms with Gasteiger partial charge in [0, 0.05) is 0 Å². The van der Waals surface area contributed by atoms with Crippen LogP contribution in [0.3, 0.4) is 0 Å². The summed E-state index contributed by atoms with van der Waals surface area (Å²) in [4.78, 5) is 9.97. The molecule has 0 heterocycles. The summed E-state index contributed by atoms with van der Waals surface area (Å²) in [7, 11) is 0. The van der Waals surface area contributed by atoms with Crippen LogP contribution in [0.25, 0.3) is 0 Å². The minimum Gasteiger partial charge on any atom is -0.450 e. The van der Waals surface area contributed by atoms with E-state index >= 15 is 0 Å². The Hall–Kier alpha value is -1.25. The Labute approximate surface area is 78.7 Å². The Morgan fingerprint density at radius 3 is 2.69 bits per heavy atom. The first-order chi connectivity index (χ1) is 6.29. The van der Waals surface area contributed by atoms with Gasteiger partial charge in [-0.25, -0.2) is 4.79 Å². The van der Waals surface area contributed by atoms with Crippen molar-refractivity contribution in [3.8, 4) is 0 Å². The van der Waals surface area contributed by atoms with Gasteiger partial charge in [0.25, 0.3) is 0 Å². The Kier molecular flexibility index (Phi) is 6.69. The van der Waals surface area contributed by atoms with E-state index in [1.807, 2.05) is 32.1 Å². The first-order valence-corrected chi connectivity index (χ1v) is 4.50. The van der Waals surface area contributed by atoms with Crippen LogP contribution in [0.5, 0.6) is 0 Å². The smallest absolute Gasteiger partial charge is 0.450 e. The van der Waals surface area contributed by atoms with Crippen molar-refractivity contribution in [2.45, 2.75) is 26.7 Å². The molecule has 0 spiro atoms. The summed E-state index contributed by atoms with van der Waals surface area (Å²) in [5, 5.41) is 8.17. The second-order valence-corrected chi connectivity index (χ2v) is 2.31. The van der Waals surface area contributed by atoms with Gasteiger partial charge in [-0.15, -0.1) is 0 Å². The van der Waals surface area contributed by atoms with Gasteiger partial charge in [-0.2, -0.15) is 0 Å². The number of carboxylic acid groups (broad SMARTS) is 1. The fraction of sp³-hybridized carbons (Fsp3) is 0.500. The fourth-order valence-electron chi connectivity index (χ4n) is 0.920. The van der Waals surface area contributed by atoms with E-state index in [9.17, 15) is 4.79 Å². The summed E-state index contributed by atoms with van der Waals surface area (Å²) in [6.45, 7) is 4.17. The van der Waals surface area contributed by atoms with Crippen molar-refractivity contribution in [3.63, 3.8) is 0 Å². The van der Waals surface area contributed by atoms with Gasteiger partial charge in [-0.05, 0) is 18.4 Å². The molecule has 0 aromatic heterocycles. The zero-order valence-electron chi connectivity index (χ0n) is 8.12. The molecule has 0 unspecified atom stereocenters. The number of allylic oxidation sites excluding steroid dienone is 2. The minimum absolute atomic E-state index is 0.172. The third-order valence-corrected chi connectivity index (χ3v) is 1.43. The van der Waals surface area contributed by atoms with Gasteiger partial charge >= 0.3 is 6.16 Å². The van der Waals surface area contributed by atoms with E-state index in [1.54, 1.807) is 0 Å². The third-order valence-electron chi connectivity index (χ3n) is 1.43. The molecule has 1 rings (SSSR count). The van der Waals surface area contributed by atoms with Gasteiger partial charge in [0.15, 0.2) is 0 Å². The number of rotatable bonds is 2. The van der Waals surface area contributed by atoms with Crippen molar-refractivity contribution >= 4 is 6.16 Å². The summed E-state index contributed by atoms with van der Waals surface area (Å²) in [6, 6.07) is 0. The maximum absolute atomic E-state index is 9.97. The molecule has 3 nitrogen and oxygen atoms in total. The van der Waals surface area contributed by atoms with Crippen LogP contribution in [-0.4, -0.2) is 17.9 Å². The second-order valence-electron chi connectivity index (χ2n) is 2.31. The van der Waals surface area contributed by atoms with Crippen LogP contribution in [0.4, 0.5) is 4.79 Å². The van der Waals surface area contributed by atoms with Gasteiger partial charge in [-0.3, -0.25) is 0 Å². The lowest BCUT2D eigenvalue weighted by molar-refractivity contribution is 0.100. The van der Waals surface area contributed by atoms with E-state index in [-0.39, 0.29) is 6.61 Å². The molecular weight excluding hydrogens is 168 g/mol. The molecule has 0 aromatic carbocycles. The highest BCUT2D eigenvalue weighted by Crippen LogP contribution is 2.09. The van der Waals surface area contributed by atoms with Gasteiger partial charge in [0.1, 0.15) is 6.61 Å². The summed E-state index contributed by atoms with van der Waals surface area (Å²) >= 11 is 0. The maximum atomic E-state index is 9.97. The summed E-state index contributed by atoms with van der Waals surface area (Å²) in [5.74, 6) is 0. The van der Waals surface area contributed by atoms with E-state index in [0.29, 0.717) is 0 Å².